The molecule has 0 radical (unpaired) electrons. The molecule has 4 nitrogen and oxygen atoms in total. The highest BCUT2D eigenvalue weighted by Crippen LogP contribution is 2.33. The van der Waals surface area contributed by atoms with Crippen LogP contribution in [0.5, 0.6) is 0 Å². The highest BCUT2D eigenvalue weighted by molar-refractivity contribution is 5.92. The van der Waals surface area contributed by atoms with Crippen LogP contribution >= 0.6 is 0 Å². The number of hydrogen-bond donors (Lipinski definition) is 2. The van der Waals surface area contributed by atoms with Gasteiger partial charge in [0.2, 0.25) is 5.91 Å². The lowest BCUT2D eigenvalue weighted by molar-refractivity contribution is 0.1000. The Morgan fingerprint density at radius 3 is 2.65 bits per heavy atom. The Morgan fingerprint density at radius 1 is 1.26 bits per heavy atom. The first kappa shape index (κ1) is 15.6. The van der Waals surface area contributed by atoms with Gasteiger partial charge in [-0.25, -0.2) is 4.39 Å². The summed E-state index contributed by atoms with van der Waals surface area (Å²) in [6.45, 7) is 1.16. The van der Waals surface area contributed by atoms with Crippen LogP contribution in [0.4, 0.5) is 4.39 Å². The zero-order valence-corrected chi connectivity index (χ0v) is 12.7. The molecule has 3 rings (SSSR count). The molecular formula is C18H19FN2O2. The fourth-order valence-corrected chi connectivity index (χ4v) is 3.12. The van der Waals surface area contributed by atoms with Crippen molar-refractivity contribution >= 4 is 5.91 Å². The molecule has 1 saturated heterocycles. The van der Waals surface area contributed by atoms with Crippen LogP contribution in [0.2, 0.25) is 0 Å². The van der Waals surface area contributed by atoms with Gasteiger partial charge in [0.1, 0.15) is 5.82 Å². The number of benzene rings is 2. The number of nitrogens with two attached hydrogens (primary N) is 1. The molecule has 0 saturated carbocycles. The van der Waals surface area contributed by atoms with Crippen molar-refractivity contribution in [3.8, 4) is 0 Å². The van der Waals surface area contributed by atoms with Crippen molar-refractivity contribution in [2.24, 2.45) is 5.73 Å². The maximum atomic E-state index is 13.5. The first-order valence-corrected chi connectivity index (χ1v) is 7.59. The first-order valence-electron chi connectivity index (χ1n) is 7.59. The van der Waals surface area contributed by atoms with Gasteiger partial charge < -0.3 is 10.8 Å². The van der Waals surface area contributed by atoms with Crippen LogP contribution in [-0.2, 0) is 6.54 Å². The molecule has 120 valence electrons. The monoisotopic (exact) mass is 314 g/mol. The predicted molar refractivity (Wildman–Crippen MR) is 85.1 cm³/mol. The van der Waals surface area contributed by atoms with E-state index in [0.717, 1.165) is 11.1 Å². The molecule has 2 aromatic rings. The molecule has 0 spiro atoms. The number of rotatable bonds is 4. The zero-order valence-electron chi connectivity index (χ0n) is 12.7. The normalized spacial score (nSPS) is 21.5. The number of primary amides is 1. The van der Waals surface area contributed by atoms with E-state index in [1.54, 1.807) is 18.2 Å². The van der Waals surface area contributed by atoms with Crippen LogP contribution in [0.3, 0.4) is 0 Å². The van der Waals surface area contributed by atoms with Crippen LogP contribution in [0.1, 0.15) is 33.9 Å². The molecule has 1 aliphatic rings. The summed E-state index contributed by atoms with van der Waals surface area (Å²) in [6, 6.07) is 13.6. The smallest absolute Gasteiger partial charge is 0.248 e. The average Bonchev–Trinajstić information content (AvgIpc) is 2.88. The van der Waals surface area contributed by atoms with Crippen molar-refractivity contribution in [1.29, 1.82) is 0 Å². The number of halogens is 1. The molecule has 0 aromatic heterocycles. The summed E-state index contributed by atoms with van der Waals surface area (Å²) in [5.41, 5.74) is 7.60. The maximum absolute atomic E-state index is 13.5. The summed E-state index contributed by atoms with van der Waals surface area (Å²) < 4.78 is 13.5. The molecule has 2 aromatic carbocycles. The molecule has 5 heteroatoms. The first-order chi connectivity index (χ1) is 11.0. The van der Waals surface area contributed by atoms with Gasteiger partial charge >= 0.3 is 0 Å². The lowest BCUT2D eigenvalue weighted by atomic mass is 10.0. The van der Waals surface area contributed by atoms with E-state index < -0.39 is 12.0 Å². The summed E-state index contributed by atoms with van der Waals surface area (Å²) >= 11 is 0. The Morgan fingerprint density at radius 2 is 2.00 bits per heavy atom. The van der Waals surface area contributed by atoms with Gasteiger partial charge in [-0.05, 0) is 41.8 Å². The lowest BCUT2D eigenvalue weighted by Crippen LogP contribution is -2.24. The SMILES string of the molecule is NC(=O)c1ccc(CN2C[C@H](O)C[C@H]2c2cccc(F)c2)cc1. The Bertz CT molecular complexity index is 702. The maximum Gasteiger partial charge on any atom is 0.248 e. The lowest BCUT2D eigenvalue weighted by Gasteiger charge is -2.24. The Kier molecular flexibility index (Phi) is 4.41. The second-order valence-corrected chi connectivity index (χ2v) is 5.95. The summed E-state index contributed by atoms with van der Waals surface area (Å²) in [6.07, 6.45) is 0.163. The Balaban J connectivity index is 1.78. The van der Waals surface area contributed by atoms with Gasteiger partial charge in [-0.3, -0.25) is 9.69 Å². The molecule has 0 bridgehead atoms. The van der Waals surface area contributed by atoms with Gasteiger partial charge in [0.15, 0.2) is 0 Å². The van der Waals surface area contributed by atoms with Crippen LogP contribution in [0.25, 0.3) is 0 Å². The minimum Gasteiger partial charge on any atom is -0.392 e. The van der Waals surface area contributed by atoms with Gasteiger partial charge in [0.05, 0.1) is 6.10 Å². The molecule has 0 aliphatic carbocycles. The van der Waals surface area contributed by atoms with Gasteiger partial charge in [-0.15, -0.1) is 0 Å². The van der Waals surface area contributed by atoms with Crippen LogP contribution < -0.4 is 5.73 Å². The molecule has 1 fully saturated rings. The number of amides is 1. The van der Waals surface area contributed by atoms with E-state index in [2.05, 4.69) is 4.90 Å². The van der Waals surface area contributed by atoms with E-state index in [-0.39, 0.29) is 11.9 Å². The van der Waals surface area contributed by atoms with E-state index in [0.29, 0.717) is 25.1 Å². The standard InChI is InChI=1S/C18H19FN2O2/c19-15-3-1-2-14(8-15)17-9-16(22)11-21(17)10-12-4-6-13(7-5-12)18(20)23/h1-8,16-17,22H,9-11H2,(H2,20,23)/t16-,17+/m1/s1. The molecule has 1 amide bonds. The fraction of sp³-hybridized carbons (Fsp3) is 0.278. The molecule has 23 heavy (non-hydrogen) atoms. The Labute approximate surface area is 134 Å². The highest BCUT2D eigenvalue weighted by atomic mass is 19.1. The summed E-state index contributed by atoms with van der Waals surface area (Å²) in [7, 11) is 0. The molecule has 1 heterocycles. The number of carbonyl (C=O) groups excluding carboxylic acids is 1. The number of aliphatic hydroxyl groups is 1. The summed E-state index contributed by atoms with van der Waals surface area (Å²) in [4.78, 5) is 13.2. The second kappa shape index (κ2) is 6.48. The van der Waals surface area contributed by atoms with Crippen LogP contribution in [0.15, 0.2) is 48.5 Å². The van der Waals surface area contributed by atoms with E-state index in [9.17, 15) is 14.3 Å². The van der Waals surface area contributed by atoms with Crippen molar-refractivity contribution in [3.05, 3.63) is 71.0 Å². The number of β-amino-alcohol motifs (C(OH)–C–C–N with tert-alkyl or cyclic N) is 1. The van der Waals surface area contributed by atoms with E-state index in [1.165, 1.54) is 12.1 Å². The number of carbonyl (C=O) groups is 1. The zero-order chi connectivity index (χ0) is 16.4. The molecule has 2 atom stereocenters. The van der Waals surface area contributed by atoms with Crippen LogP contribution in [0, 0.1) is 5.82 Å². The van der Waals surface area contributed by atoms with E-state index >= 15 is 0 Å². The van der Waals surface area contributed by atoms with Gasteiger partial charge in [-0.1, -0.05) is 24.3 Å². The van der Waals surface area contributed by atoms with E-state index in [1.807, 2.05) is 18.2 Å². The second-order valence-electron chi connectivity index (χ2n) is 5.95. The number of hydrogen-bond acceptors (Lipinski definition) is 3. The number of nitrogens with zero attached hydrogens (tertiary/aromatic N) is 1. The molecule has 3 N–H and O–H groups in total. The van der Waals surface area contributed by atoms with Crippen molar-refractivity contribution < 1.29 is 14.3 Å². The van der Waals surface area contributed by atoms with Crippen molar-refractivity contribution in [3.63, 3.8) is 0 Å². The average molecular weight is 314 g/mol. The topological polar surface area (TPSA) is 66.6 Å². The van der Waals surface area contributed by atoms with Crippen molar-refractivity contribution in [2.75, 3.05) is 6.54 Å². The fourth-order valence-electron chi connectivity index (χ4n) is 3.12. The summed E-state index contributed by atoms with van der Waals surface area (Å²) in [5, 5.41) is 10.00. The number of likely N-dealkylation sites (tertiary alicyclic amines) is 1. The van der Waals surface area contributed by atoms with Crippen molar-refractivity contribution in [2.45, 2.75) is 25.1 Å². The molecule has 1 aliphatic heterocycles. The quantitative estimate of drug-likeness (QED) is 0.909. The van der Waals surface area contributed by atoms with Gasteiger partial charge in [0.25, 0.3) is 0 Å². The molecule has 0 unspecified atom stereocenters. The highest BCUT2D eigenvalue weighted by Gasteiger charge is 2.32. The summed E-state index contributed by atoms with van der Waals surface area (Å²) in [5.74, 6) is -0.722. The van der Waals surface area contributed by atoms with Gasteiger partial charge in [-0.2, -0.15) is 0 Å². The third kappa shape index (κ3) is 3.57. The third-order valence-corrected chi connectivity index (χ3v) is 4.24. The minimum atomic E-state index is -0.453. The molecular weight excluding hydrogens is 295 g/mol. The van der Waals surface area contributed by atoms with E-state index in [4.69, 9.17) is 5.73 Å². The predicted octanol–water partition coefficient (Wildman–Crippen LogP) is 2.23. The van der Waals surface area contributed by atoms with Gasteiger partial charge in [0, 0.05) is 24.7 Å². The number of aliphatic hydroxyl groups excluding tert-OH is 1. The van der Waals surface area contributed by atoms with Crippen molar-refractivity contribution in [1.82, 2.24) is 4.90 Å². The minimum absolute atomic E-state index is 0.0171. The largest absolute Gasteiger partial charge is 0.392 e. The van der Waals surface area contributed by atoms with Crippen LogP contribution in [-0.4, -0.2) is 28.6 Å². The Hall–Kier alpha value is -2.24. The third-order valence-electron chi connectivity index (χ3n) is 4.24.